The van der Waals surface area contributed by atoms with Gasteiger partial charge >= 0.3 is 6.09 Å². The summed E-state index contributed by atoms with van der Waals surface area (Å²) in [7, 11) is 0. The van der Waals surface area contributed by atoms with Crippen molar-refractivity contribution in [1.82, 2.24) is 10.2 Å². The highest BCUT2D eigenvalue weighted by Crippen LogP contribution is 2.39. The standard InChI is InChI=1S/C13H24N4O4/c1-13(2,3)21-12(20)16-10(7-18)11(19)9(6-15-17-14)8-4-5-8/h8-11,14,18-19H,4-7H2,1-3H3/p+1/t9-,10-,11-/m1/s1. The number of nitrogens with one attached hydrogen (secondary N) is 2. The van der Waals surface area contributed by atoms with E-state index >= 15 is 0 Å². The maximum Gasteiger partial charge on any atom is 0.408 e. The van der Waals surface area contributed by atoms with Gasteiger partial charge in [-0.3, -0.25) is 0 Å². The monoisotopic (exact) mass is 301 g/mol. The number of alkyl carbamates (subject to hydrolysis) is 1. The number of ether oxygens (including phenoxy) is 1. The third-order valence-corrected chi connectivity index (χ3v) is 3.34. The van der Waals surface area contributed by atoms with Crippen molar-refractivity contribution in [3.8, 4) is 0 Å². The second-order valence-electron chi connectivity index (χ2n) is 6.35. The van der Waals surface area contributed by atoms with Gasteiger partial charge in [0.1, 0.15) is 22.8 Å². The number of carbonyl (C=O) groups excluding carboxylic acids is 1. The van der Waals surface area contributed by atoms with E-state index in [0.29, 0.717) is 5.92 Å². The van der Waals surface area contributed by atoms with Crippen molar-refractivity contribution in [2.75, 3.05) is 13.2 Å². The molecule has 0 aromatic rings. The Balaban J connectivity index is 2.63. The number of rotatable bonds is 7. The molecule has 0 radical (unpaired) electrons. The van der Waals surface area contributed by atoms with Crippen LogP contribution in [0.2, 0.25) is 0 Å². The van der Waals surface area contributed by atoms with Gasteiger partial charge in [-0.25, -0.2) is 4.79 Å². The van der Waals surface area contributed by atoms with Crippen LogP contribution in [0.1, 0.15) is 33.6 Å². The maximum atomic E-state index is 11.7. The van der Waals surface area contributed by atoms with E-state index in [1.807, 2.05) is 0 Å². The van der Waals surface area contributed by atoms with Gasteiger partial charge in [-0.15, -0.1) is 0 Å². The van der Waals surface area contributed by atoms with Gasteiger partial charge in [-0.05, 0) is 39.5 Å². The summed E-state index contributed by atoms with van der Waals surface area (Å²) in [6, 6.07) is -0.827. The quantitative estimate of drug-likeness (QED) is 0.409. The van der Waals surface area contributed by atoms with Crippen molar-refractivity contribution in [3.63, 3.8) is 0 Å². The van der Waals surface area contributed by atoms with Crippen LogP contribution in [0.5, 0.6) is 0 Å². The Labute approximate surface area is 124 Å². The van der Waals surface area contributed by atoms with Gasteiger partial charge in [0.25, 0.3) is 0 Å². The number of nitrogens with zero attached hydrogens (tertiary/aromatic N) is 2. The molecule has 0 aromatic heterocycles. The molecule has 1 fully saturated rings. The molecule has 1 saturated carbocycles. The summed E-state index contributed by atoms with van der Waals surface area (Å²) < 4.78 is 5.11. The molecule has 1 rings (SSSR count). The molecule has 120 valence electrons. The first-order chi connectivity index (χ1) is 9.78. The van der Waals surface area contributed by atoms with Gasteiger partial charge in [0, 0.05) is 5.92 Å². The van der Waals surface area contributed by atoms with Gasteiger partial charge in [0.05, 0.1) is 18.8 Å². The lowest BCUT2D eigenvalue weighted by Gasteiger charge is -2.29. The normalized spacial score (nSPS) is 19.1. The largest absolute Gasteiger partial charge is 0.444 e. The van der Waals surface area contributed by atoms with Crippen LogP contribution in [-0.2, 0) is 4.74 Å². The predicted octanol–water partition coefficient (Wildman–Crippen LogP) is 0.809. The van der Waals surface area contributed by atoms with Crippen LogP contribution in [0.25, 0.3) is 0 Å². The highest BCUT2D eigenvalue weighted by molar-refractivity contribution is 5.68. The van der Waals surface area contributed by atoms with Crippen molar-refractivity contribution < 1.29 is 19.7 Å². The zero-order valence-corrected chi connectivity index (χ0v) is 12.7. The average Bonchev–Trinajstić information content (AvgIpc) is 3.18. The van der Waals surface area contributed by atoms with Crippen LogP contribution in [0.3, 0.4) is 0 Å². The molecule has 1 aliphatic rings. The number of amides is 1. The first kappa shape index (κ1) is 17.6. The summed E-state index contributed by atoms with van der Waals surface area (Å²) >= 11 is 0. The van der Waals surface area contributed by atoms with E-state index in [2.05, 4.69) is 15.3 Å². The Morgan fingerprint density at radius 1 is 1.52 bits per heavy atom. The molecule has 21 heavy (non-hydrogen) atoms. The van der Waals surface area contributed by atoms with Crippen LogP contribution in [0, 0.1) is 17.4 Å². The minimum atomic E-state index is -0.958. The Morgan fingerprint density at radius 3 is 2.57 bits per heavy atom. The minimum absolute atomic E-state index is 0.210. The summed E-state index contributed by atoms with van der Waals surface area (Å²) in [4.78, 5) is 14.7. The summed E-state index contributed by atoms with van der Waals surface area (Å²) in [5.41, 5.74) is 6.05. The molecule has 8 nitrogen and oxygen atoms in total. The number of aliphatic hydroxyl groups is 2. The minimum Gasteiger partial charge on any atom is -0.444 e. The van der Waals surface area contributed by atoms with Gasteiger partial charge in [0.2, 0.25) is 4.91 Å². The third kappa shape index (κ3) is 6.20. The SMILES string of the molecule is CC(C)(C)OC(=O)N[C@H](CO)[C@H](O)[C@H](CN=[N+]=N)C1CC1. The first-order valence-corrected chi connectivity index (χ1v) is 7.10. The first-order valence-electron chi connectivity index (χ1n) is 7.10. The molecular formula is C13H25N4O4+. The lowest BCUT2D eigenvalue weighted by molar-refractivity contribution is 0.0173. The maximum absolute atomic E-state index is 11.7. The second kappa shape index (κ2) is 7.49. The number of hydrogen-bond acceptors (Lipinski definition) is 6. The van der Waals surface area contributed by atoms with E-state index in [0.717, 1.165) is 12.8 Å². The lowest BCUT2D eigenvalue weighted by Crippen LogP contribution is -2.51. The molecule has 8 heteroatoms. The fraction of sp³-hybridized carbons (Fsp3) is 0.923. The number of hydrogen-bond donors (Lipinski definition) is 4. The van der Waals surface area contributed by atoms with Crippen LogP contribution >= 0.6 is 0 Å². The summed E-state index contributed by atoms with van der Waals surface area (Å²) in [5, 5.41) is 25.9. The topological polar surface area (TPSA) is 129 Å². The molecule has 0 unspecified atom stereocenters. The van der Waals surface area contributed by atoms with Gasteiger partial charge in [-0.1, -0.05) is 0 Å². The molecule has 0 aliphatic heterocycles. The molecule has 0 spiro atoms. The van der Waals surface area contributed by atoms with Crippen LogP contribution < -0.4 is 10.2 Å². The second-order valence-corrected chi connectivity index (χ2v) is 6.35. The van der Waals surface area contributed by atoms with Crippen molar-refractivity contribution in [2.45, 2.75) is 51.4 Å². The zero-order chi connectivity index (χ0) is 16.0. The van der Waals surface area contributed by atoms with E-state index in [-0.39, 0.29) is 12.5 Å². The van der Waals surface area contributed by atoms with E-state index in [1.165, 1.54) is 0 Å². The van der Waals surface area contributed by atoms with Crippen LogP contribution in [-0.4, -0.2) is 47.2 Å². The Kier molecular flexibility index (Phi) is 6.26. The average molecular weight is 301 g/mol. The highest BCUT2D eigenvalue weighted by atomic mass is 16.6. The fourth-order valence-corrected chi connectivity index (χ4v) is 2.19. The third-order valence-electron chi connectivity index (χ3n) is 3.34. The molecule has 0 bridgehead atoms. The lowest BCUT2D eigenvalue weighted by atomic mass is 9.92. The summed E-state index contributed by atoms with van der Waals surface area (Å²) in [6.45, 7) is 5.01. The molecule has 1 amide bonds. The Bertz CT molecular complexity index is 399. The molecular weight excluding hydrogens is 276 g/mol. The van der Waals surface area contributed by atoms with Crippen molar-refractivity contribution in [2.24, 2.45) is 17.0 Å². The molecule has 0 saturated heterocycles. The predicted molar refractivity (Wildman–Crippen MR) is 74.6 cm³/mol. The van der Waals surface area contributed by atoms with Crippen LogP contribution in [0.4, 0.5) is 4.79 Å². The van der Waals surface area contributed by atoms with E-state index < -0.39 is 30.4 Å². The van der Waals surface area contributed by atoms with Crippen molar-refractivity contribution >= 4 is 6.09 Å². The van der Waals surface area contributed by atoms with Crippen LogP contribution in [0.15, 0.2) is 5.11 Å². The summed E-state index contributed by atoms with van der Waals surface area (Å²) in [5.74, 6) is 0.0613. The molecule has 4 N–H and O–H groups in total. The van der Waals surface area contributed by atoms with E-state index in [1.54, 1.807) is 20.8 Å². The molecule has 0 aromatic carbocycles. The molecule has 3 atom stereocenters. The smallest absolute Gasteiger partial charge is 0.408 e. The Morgan fingerprint density at radius 2 is 2.14 bits per heavy atom. The van der Waals surface area contributed by atoms with E-state index in [4.69, 9.17) is 10.3 Å². The van der Waals surface area contributed by atoms with Crippen molar-refractivity contribution in [1.29, 1.82) is 5.53 Å². The molecule has 1 aliphatic carbocycles. The fourth-order valence-electron chi connectivity index (χ4n) is 2.19. The molecule has 0 heterocycles. The van der Waals surface area contributed by atoms with Gasteiger partial charge in [-0.2, -0.15) is 0 Å². The zero-order valence-electron chi connectivity index (χ0n) is 12.7. The Hall–Kier alpha value is -1.50. The van der Waals surface area contributed by atoms with Crippen molar-refractivity contribution in [3.05, 3.63) is 0 Å². The van der Waals surface area contributed by atoms with Gasteiger partial charge in [0.15, 0.2) is 0 Å². The van der Waals surface area contributed by atoms with E-state index in [9.17, 15) is 15.0 Å². The number of carbonyl (C=O) groups is 1. The summed E-state index contributed by atoms with van der Waals surface area (Å²) in [6.07, 6.45) is 0.303. The number of aliphatic hydroxyl groups excluding tert-OH is 2. The van der Waals surface area contributed by atoms with Gasteiger partial charge < -0.3 is 20.3 Å². The highest BCUT2D eigenvalue weighted by Gasteiger charge is 2.40.